The largest absolute Gasteiger partial charge is 0.472 e. The number of hydrogen-bond acceptors (Lipinski definition) is 5. The van der Waals surface area contributed by atoms with Gasteiger partial charge in [0.25, 0.3) is 0 Å². The third kappa shape index (κ3) is 27.5. The van der Waals surface area contributed by atoms with Crippen molar-refractivity contribution in [3.8, 4) is 0 Å². The Labute approximate surface area is 257 Å². The molecule has 3 N–H and O–H groups in total. The summed E-state index contributed by atoms with van der Waals surface area (Å²) in [6.07, 6.45) is 28.0. The number of unbranched alkanes of at least 4 members (excludes halogenated alkanes) is 11. The Hall–Kier alpha value is -1.28. The molecule has 0 saturated carbocycles. The first-order valence-corrected chi connectivity index (χ1v) is 17.9. The van der Waals surface area contributed by atoms with E-state index >= 15 is 0 Å². The molecule has 3 unspecified atom stereocenters. The lowest BCUT2D eigenvalue weighted by Gasteiger charge is -2.25. The standard InChI is InChI=1S/C33H63N2O6P/c1-6-8-10-12-14-16-17-19-20-22-24-26-32(36)31(30-41-42(38,39)40-29-28-35(3,4)5)34-33(37)27-25-23-21-18-15-13-11-9-7-2/h17-19,21,24,26,31-32,36H,6-16,20,22-23,25,27-30H2,1-5H3,(H-,34,37,38,39)/p+1/b19-17+,21-18-,26-24+. The minimum atomic E-state index is -4.33. The number of amides is 1. The Morgan fingerprint density at radius 3 is 1.90 bits per heavy atom. The number of hydrogen-bond donors (Lipinski definition) is 3. The highest BCUT2D eigenvalue weighted by Gasteiger charge is 2.27. The van der Waals surface area contributed by atoms with Gasteiger partial charge in [-0.1, -0.05) is 95.2 Å². The van der Waals surface area contributed by atoms with E-state index in [1.54, 1.807) is 6.08 Å². The van der Waals surface area contributed by atoms with Gasteiger partial charge in [0.05, 0.1) is 39.9 Å². The van der Waals surface area contributed by atoms with Crippen molar-refractivity contribution in [2.75, 3.05) is 40.9 Å². The predicted octanol–water partition coefficient (Wildman–Crippen LogP) is 7.62. The van der Waals surface area contributed by atoms with Crippen LogP contribution in [-0.2, 0) is 18.4 Å². The highest BCUT2D eigenvalue weighted by molar-refractivity contribution is 7.47. The van der Waals surface area contributed by atoms with E-state index in [2.05, 4.69) is 43.5 Å². The molecule has 3 atom stereocenters. The fourth-order valence-electron chi connectivity index (χ4n) is 4.12. The molecule has 0 aliphatic heterocycles. The van der Waals surface area contributed by atoms with E-state index in [-0.39, 0.29) is 19.1 Å². The molecule has 0 rings (SSSR count). The molecule has 0 bridgehead atoms. The molecule has 0 spiro atoms. The van der Waals surface area contributed by atoms with Crippen molar-refractivity contribution in [2.45, 2.75) is 129 Å². The second-order valence-corrected chi connectivity index (χ2v) is 13.6. The van der Waals surface area contributed by atoms with Crippen LogP contribution in [0, 0.1) is 0 Å². The monoisotopic (exact) mass is 615 g/mol. The molecule has 0 aliphatic rings. The van der Waals surface area contributed by atoms with E-state index in [1.165, 1.54) is 57.8 Å². The molecule has 1 amide bonds. The van der Waals surface area contributed by atoms with Gasteiger partial charge in [-0.3, -0.25) is 13.8 Å². The first-order chi connectivity index (χ1) is 20.0. The second kappa shape index (κ2) is 26.2. The molecule has 9 heteroatoms. The van der Waals surface area contributed by atoms with Gasteiger partial charge in [0.15, 0.2) is 0 Å². The molecule has 0 aliphatic carbocycles. The summed E-state index contributed by atoms with van der Waals surface area (Å²) in [6.45, 7) is 4.66. The zero-order chi connectivity index (χ0) is 31.5. The summed E-state index contributed by atoms with van der Waals surface area (Å²) in [7, 11) is 1.53. The normalized spacial score (nSPS) is 15.5. The van der Waals surface area contributed by atoms with Crippen LogP contribution in [0.2, 0.25) is 0 Å². The number of rotatable bonds is 28. The summed E-state index contributed by atoms with van der Waals surface area (Å²) >= 11 is 0. The number of carbonyl (C=O) groups excluding carboxylic acids is 1. The molecule has 0 radical (unpaired) electrons. The number of carbonyl (C=O) groups is 1. The number of allylic oxidation sites excluding steroid dienone is 5. The quantitative estimate of drug-likeness (QED) is 0.0362. The third-order valence-electron chi connectivity index (χ3n) is 6.83. The van der Waals surface area contributed by atoms with Gasteiger partial charge >= 0.3 is 7.82 Å². The SMILES string of the molecule is CCCCCC/C=C\CCCC(=O)NC(COP(=O)(O)OCC[N+](C)(C)C)C(O)/C=C/CC/C=C/CCCCCCC. The molecule has 0 saturated heterocycles. The van der Waals surface area contributed by atoms with Gasteiger partial charge < -0.3 is 19.8 Å². The van der Waals surface area contributed by atoms with Crippen molar-refractivity contribution in [1.82, 2.24) is 5.32 Å². The van der Waals surface area contributed by atoms with Crippen molar-refractivity contribution in [3.05, 3.63) is 36.5 Å². The lowest BCUT2D eigenvalue weighted by molar-refractivity contribution is -0.870. The van der Waals surface area contributed by atoms with Gasteiger partial charge in [-0.05, 0) is 51.4 Å². The van der Waals surface area contributed by atoms with Crippen LogP contribution in [0.5, 0.6) is 0 Å². The van der Waals surface area contributed by atoms with E-state index in [4.69, 9.17) is 9.05 Å². The van der Waals surface area contributed by atoms with E-state index in [9.17, 15) is 19.4 Å². The number of nitrogens with one attached hydrogen (secondary N) is 1. The van der Waals surface area contributed by atoms with Gasteiger partial charge in [0.1, 0.15) is 13.2 Å². The first kappa shape index (κ1) is 40.7. The average molecular weight is 616 g/mol. The van der Waals surface area contributed by atoms with Crippen molar-refractivity contribution < 1.29 is 32.9 Å². The summed E-state index contributed by atoms with van der Waals surface area (Å²) < 4.78 is 23.3. The third-order valence-corrected chi connectivity index (χ3v) is 7.82. The number of nitrogens with zero attached hydrogens (tertiary/aromatic N) is 1. The lowest BCUT2D eigenvalue weighted by Crippen LogP contribution is -2.45. The second-order valence-electron chi connectivity index (χ2n) is 12.2. The fourth-order valence-corrected chi connectivity index (χ4v) is 4.85. The van der Waals surface area contributed by atoms with Crippen molar-refractivity contribution in [1.29, 1.82) is 0 Å². The van der Waals surface area contributed by atoms with E-state index in [1.807, 2.05) is 27.2 Å². The van der Waals surface area contributed by atoms with Crippen molar-refractivity contribution in [2.24, 2.45) is 0 Å². The maximum atomic E-state index is 12.6. The molecule has 0 aromatic rings. The molecule has 42 heavy (non-hydrogen) atoms. The van der Waals surface area contributed by atoms with Crippen molar-refractivity contribution in [3.63, 3.8) is 0 Å². The van der Waals surface area contributed by atoms with Gasteiger partial charge in [0.2, 0.25) is 5.91 Å². The number of phosphoric ester groups is 1. The van der Waals surface area contributed by atoms with Gasteiger partial charge in [-0.25, -0.2) is 4.57 Å². The highest BCUT2D eigenvalue weighted by Crippen LogP contribution is 2.43. The van der Waals surface area contributed by atoms with Crippen LogP contribution in [-0.4, -0.2) is 73.4 Å². The summed E-state index contributed by atoms with van der Waals surface area (Å²) in [6, 6.07) is -0.871. The van der Waals surface area contributed by atoms with E-state index < -0.39 is 20.0 Å². The Balaban J connectivity index is 4.77. The number of aliphatic hydroxyl groups is 1. The van der Waals surface area contributed by atoms with Crippen LogP contribution in [0.1, 0.15) is 117 Å². The number of likely N-dealkylation sites (N-methyl/N-ethyl adjacent to an activating group) is 1. The summed E-state index contributed by atoms with van der Waals surface area (Å²) in [5.41, 5.74) is 0. The topological polar surface area (TPSA) is 105 Å². The minimum Gasteiger partial charge on any atom is -0.387 e. The summed E-state index contributed by atoms with van der Waals surface area (Å²) in [5, 5.41) is 13.6. The molecule has 0 heterocycles. The number of phosphoric acid groups is 1. The Kier molecular flexibility index (Phi) is 25.4. The minimum absolute atomic E-state index is 0.0507. The molecule has 0 aromatic carbocycles. The number of quaternary nitrogens is 1. The van der Waals surface area contributed by atoms with E-state index in [0.717, 1.165) is 32.1 Å². The van der Waals surface area contributed by atoms with E-state index in [0.29, 0.717) is 23.9 Å². The van der Waals surface area contributed by atoms with Crippen molar-refractivity contribution >= 4 is 13.7 Å². The van der Waals surface area contributed by atoms with Crippen LogP contribution in [0.3, 0.4) is 0 Å². The highest BCUT2D eigenvalue weighted by atomic mass is 31.2. The molecule has 0 fully saturated rings. The Bertz CT molecular complexity index is 794. The van der Waals surface area contributed by atoms with Crippen LogP contribution >= 0.6 is 7.82 Å². The Morgan fingerprint density at radius 2 is 1.31 bits per heavy atom. The molecule has 0 aromatic heterocycles. The molecular weight excluding hydrogens is 551 g/mol. The maximum absolute atomic E-state index is 12.6. The van der Waals surface area contributed by atoms with Gasteiger partial charge in [-0.2, -0.15) is 0 Å². The van der Waals surface area contributed by atoms with Gasteiger partial charge in [0, 0.05) is 6.42 Å². The zero-order valence-corrected chi connectivity index (χ0v) is 28.4. The van der Waals surface area contributed by atoms with Crippen LogP contribution in [0.15, 0.2) is 36.5 Å². The lowest BCUT2D eigenvalue weighted by atomic mass is 10.1. The van der Waals surface area contributed by atoms with Crippen LogP contribution in [0.25, 0.3) is 0 Å². The fraction of sp³-hybridized carbons (Fsp3) is 0.788. The zero-order valence-electron chi connectivity index (χ0n) is 27.5. The molecular formula is C33H64N2O6P+. The van der Waals surface area contributed by atoms with Crippen LogP contribution in [0.4, 0.5) is 0 Å². The summed E-state index contributed by atoms with van der Waals surface area (Å²) in [5.74, 6) is -0.229. The molecule has 8 nitrogen and oxygen atoms in total. The van der Waals surface area contributed by atoms with Crippen LogP contribution < -0.4 is 5.32 Å². The smallest absolute Gasteiger partial charge is 0.387 e. The molecule has 246 valence electrons. The average Bonchev–Trinajstić information content (AvgIpc) is 2.92. The first-order valence-electron chi connectivity index (χ1n) is 16.4. The Morgan fingerprint density at radius 1 is 0.786 bits per heavy atom. The summed E-state index contributed by atoms with van der Waals surface area (Å²) in [4.78, 5) is 22.8. The maximum Gasteiger partial charge on any atom is 0.472 e. The number of aliphatic hydroxyl groups excluding tert-OH is 1. The predicted molar refractivity (Wildman–Crippen MR) is 175 cm³/mol. The van der Waals surface area contributed by atoms with Gasteiger partial charge in [-0.15, -0.1) is 0 Å².